The van der Waals surface area contributed by atoms with Gasteiger partial charge in [0.2, 0.25) is 5.95 Å². The summed E-state index contributed by atoms with van der Waals surface area (Å²) in [6.07, 6.45) is 6.31. The van der Waals surface area contributed by atoms with E-state index in [1.54, 1.807) is 44.8 Å². The van der Waals surface area contributed by atoms with Crippen molar-refractivity contribution in [3.05, 3.63) is 96.1 Å². The van der Waals surface area contributed by atoms with Crippen LogP contribution in [-0.4, -0.2) is 41.6 Å². The third kappa shape index (κ3) is 5.12. The summed E-state index contributed by atoms with van der Waals surface area (Å²) < 4.78 is 28.3. The van der Waals surface area contributed by atoms with Gasteiger partial charge in [-0.25, -0.2) is 34.3 Å². The molecule has 0 saturated carbocycles. The summed E-state index contributed by atoms with van der Waals surface area (Å²) in [4.78, 5) is 25.8. The van der Waals surface area contributed by atoms with Crippen LogP contribution in [0.1, 0.15) is 16.8 Å². The normalized spacial score (nSPS) is 11.0. The summed E-state index contributed by atoms with van der Waals surface area (Å²) >= 11 is 0. The number of nitrogen functional groups attached to an aromatic ring is 1. The predicted octanol–water partition coefficient (Wildman–Crippen LogP) is 5.42. The fraction of sp³-hybridized carbons (Fsp3) is 0.133. The molecule has 0 radical (unpaired) electrons. The quantitative estimate of drug-likeness (QED) is 0.247. The van der Waals surface area contributed by atoms with Gasteiger partial charge in [-0.1, -0.05) is 12.1 Å². The summed E-state index contributed by atoms with van der Waals surface area (Å²) in [6.45, 7) is 4.23. The average Bonchev–Trinajstić information content (AvgIpc) is 3.30. The summed E-state index contributed by atoms with van der Waals surface area (Å²) in [5.41, 5.74) is 11.6. The van der Waals surface area contributed by atoms with Gasteiger partial charge in [-0.05, 0) is 49.7 Å². The van der Waals surface area contributed by atoms with Crippen LogP contribution >= 0.6 is 0 Å². The molecule has 0 amide bonds. The molecule has 0 atom stereocenters. The number of hydrogen-bond donors (Lipinski definition) is 2. The number of hydrogen-bond acceptors (Lipinski definition) is 10. The van der Waals surface area contributed by atoms with Crippen LogP contribution in [0.15, 0.2) is 73.4 Å². The molecule has 210 valence electrons. The average molecular weight is 564 g/mol. The van der Waals surface area contributed by atoms with Gasteiger partial charge in [-0.15, -0.1) is 0 Å². The van der Waals surface area contributed by atoms with Crippen LogP contribution in [0.3, 0.4) is 0 Å². The minimum Gasteiger partial charge on any atom is -0.497 e. The number of ether oxygens (including phenoxy) is 2. The maximum absolute atomic E-state index is 15.6. The Kier molecular flexibility index (Phi) is 7.01. The molecule has 0 spiro atoms. The van der Waals surface area contributed by atoms with Crippen LogP contribution in [0, 0.1) is 19.7 Å². The number of aryl methyl sites for hydroxylation is 2. The lowest BCUT2D eigenvalue weighted by Gasteiger charge is -2.15. The number of anilines is 2. The second-order valence-corrected chi connectivity index (χ2v) is 9.46. The van der Waals surface area contributed by atoms with Gasteiger partial charge in [0.25, 0.3) is 0 Å². The molecule has 4 heterocycles. The maximum Gasteiger partial charge on any atom is 0.322 e. The van der Waals surface area contributed by atoms with Crippen molar-refractivity contribution in [1.82, 2.24) is 34.5 Å². The van der Waals surface area contributed by atoms with Gasteiger partial charge in [-0.3, -0.25) is 0 Å². The topological polar surface area (TPSA) is 139 Å². The second-order valence-electron chi connectivity index (χ2n) is 9.46. The Morgan fingerprint density at radius 2 is 1.74 bits per heavy atom. The summed E-state index contributed by atoms with van der Waals surface area (Å²) in [5.74, 6) is 0.874. The Bertz CT molecular complexity index is 1890. The standard InChI is InChI=1S/C30H26FN9O2/c1-17-10-11-33-30(39-17)42-24-9-6-21(12-23(24)31)40-26(20-14-35-29(32)36-15-20)18(2)25-27(40)28(38-16-37-25)34-13-19-4-7-22(41-3)8-5-19/h4-12,14-16H,13H2,1-3H3,(H2,32,35,36)(H,34,37,38). The minimum atomic E-state index is -0.596. The molecule has 0 fully saturated rings. The van der Waals surface area contributed by atoms with Gasteiger partial charge in [0.1, 0.15) is 17.6 Å². The van der Waals surface area contributed by atoms with Crippen LogP contribution in [0.4, 0.5) is 16.2 Å². The molecule has 6 aromatic rings. The van der Waals surface area contributed by atoms with Crippen molar-refractivity contribution in [1.29, 1.82) is 0 Å². The number of methoxy groups -OCH3 is 1. The van der Waals surface area contributed by atoms with Crippen molar-refractivity contribution in [2.75, 3.05) is 18.2 Å². The van der Waals surface area contributed by atoms with E-state index in [4.69, 9.17) is 15.2 Å². The van der Waals surface area contributed by atoms with E-state index in [0.29, 0.717) is 46.0 Å². The zero-order valence-electron chi connectivity index (χ0n) is 23.0. The molecule has 4 aromatic heterocycles. The maximum atomic E-state index is 15.6. The van der Waals surface area contributed by atoms with Crippen molar-refractivity contribution in [3.8, 4) is 34.5 Å². The van der Waals surface area contributed by atoms with Gasteiger partial charge >= 0.3 is 6.01 Å². The molecular formula is C30H26FN9O2. The first-order valence-corrected chi connectivity index (χ1v) is 13.0. The van der Waals surface area contributed by atoms with Gasteiger partial charge in [-0.2, -0.15) is 0 Å². The molecule has 42 heavy (non-hydrogen) atoms. The van der Waals surface area contributed by atoms with E-state index >= 15 is 4.39 Å². The Morgan fingerprint density at radius 1 is 0.952 bits per heavy atom. The van der Waals surface area contributed by atoms with E-state index in [-0.39, 0.29) is 17.7 Å². The molecule has 2 aromatic carbocycles. The van der Waals surface area contributed by atoms with Crippen molar-refractivity contribution >= 4 is 22.8 Å². The molecule has 12 heteroatoms. The van der Waals surface area contributed by atoms with Crippen LogP contribution in [-0.2, 0) is 6.54 Å². The van der Waals surface area contributed by atoms with E-state index in [9.17, 15) is 0 Å². The lowest BCUT2D eigenvalue weighted by atomic mass is 10.1. The van der Waals surface area contributed by atoms with Crippen LogP contribution in [0.5, 0.6) is 17.5 Å². The third-order valence-electron chi connectivity index (χ3n) is 6.69. The van der Waals surface area contributed by atoms with Gasteiger partial charge < -0.3 is 25.1 Å². The van der Waals surface area contributed by atoms with Crippen LogP contribution in [0.2, 0.25) is 0 Å². The summed E-state index contributed by atoms with van der Waals surface area (Å²) in [7, 11) is 1.63. The number of rotatable bonds is 8. The lowest BCUT2D eigenvalue weighted by Crippen LogP contribution is -2.06. The highest BCUT2D eigenvalue weighted by molar-refractivity contribution is 5.96. The first-order chi connectivity index (χ1) is 20.4. The third-order valence-corrected chi connectivity index (χ3v) is 6.69. The molecule has 6 rings (SSSR count). The van der Waals surface area contributed by atoms with Crippen molar-refractivity contribution in [2.45, 2.75) is 20.4 Å². The fourth-order valence-corrected chi connectivity index (χ4v) is 4.66. The molecule has 0 bridgehead atoms. The number of nitrogens with two attached hydrogens (primary N) is 1. The van der Waals surface area contributed by atoms with E-state index in [0.717, 1.165) is 16.9 Å². The van der Waals surface area contributed by atoms with Gasteiger partial charge in [0.05, 0.1) is 18.3 Å². The zero-order chi connectivity index (χ0) is 29.2. The summed E-state index contributed by atoms with van der Waals surface area (Å²) in [6, 6.07) is 14.2. The van der Waals surface area contributed by atoms with Crippen LogP contribution < -0.4 is 20.5 Å². The van der Waals surface area contributed by atoms with Crippen molar-refractivity contribution in [3.63, 3.8) is 0 Å². The molecule has 0 unspecified atom stereocenters. The Labute approximate surface area is 240 Å². The first kappa shape index (κ1) is 26.6. The first-order valence-electron chi connectivity index (χ1n) is 13.0. The number of aromatic nitrogens is 7. The largest absolute Gasteiger partial charge is 0.497 e. The zero-order valence-corrected chi connectivity index (χ0v) is 23.0. The second kappa shape index (κ2) is 11.1. The molecule has 0 aliphatic carbocycles. The Balaban J connectivity index is 1.47. The summed E-state index contributed by atoms with van der Waals surface area (Å²) in [5, 5.41) is 3.42. The SMILES string of the molecule is COc1ccc(CNc2ncnc3c(C)c(-c4cnc(N)nc4)n(-c4ccc(Oc5nccc(C)n5)c(F)c4)c23)cc1. The molecule has 0 aliphatic rings. The number of fused-ring (bicyclic) bond motifs is 1. The molecule has 3 N–H and O–H groups in total. The smallest absolute Gasteiger partial charge is 0.322 e. The van der Waals surface area contributed by atoms with E-state index in [1.165, 1.54) is 18.5 Å². The molecule has 0 saturated heterocycles. The van der Waals surface area contributed by atoms with Gasteiger partial charge in [0, 0.05) is 53.7 Å². The highest BCUT2D eigenvalue weighted by Crippen LogP contribution is 2.38. The minimum absolute atomic E-state index is 0.0102. The number of benzene rings is 2. The van der Waals surface area contributed by atoms with Crippen molar-refractivity contribution < 1.29 is 13.9 Å². The number of nitrogens with one attached hydrogen (secondary N) is 1. The highest BCUT2D eigenvalue weighted by Gasteiger charge is 2.23. The number of halogens is 1. The monoisotopic (exact) mass is 563 g/mol. The van der Waals surface area contributed by atoms with E-state index in [1.807, 2.05) is 35.8 Å². The van der Waals surface area contributed by atoms with E-state index in [2.05, 4.69) is 35.2 Å². The molecule has 0 aliphatic heterocycles. The predicted molar refractivity (Wildman–Crippen MR) is 156 cm³/mol. The van der Waals surface area contributed by atoms with Crippen LogP contribution in [0.25, 0.3) is 28.0 Å². The Morgan fingerprint density at radius 3 is 2.45 bits per heavy atom. The van der Waals surface area contributed by atoms with Gasteiger partial charge in [0.15, 0.2) is 17.4 Å². The molecule has 11 nitrogen and oxygen atoms in total. The van der Waals surface area contributed by atoms with E-state index < -0.39 is 5.82 Å². The lowest BCUT2D eigenvalue weighted by molar-refractivity contribution is 0.410. The fourth-order valence-electron chi connectivity index (χ4n) is 4.66. The Hall–Kier alpha value is -5.65. The highest BCUT2D eigenvalue weighted by atomic mass is 19.1. The molecular weight excluding hydrogens is 537 g/mol. The van der Waals surface area contributed by atoms with Crippen molar-refractivity contribution in [2.24, 2.45) is 0 Å². The number of nitrogens with zero attached hydrogens (tertiary/aromatic N) is 7.